The summed E-state index contributed by atoms with van der Waals surface area (Å²) in [7, 11) is 1.07. The second kappa shape index (κ2) is 7.72. The van der Waals surface area contributed by atoms with E-state index in [1.165, 1.54) is 0 Å². The Labute approximate surface area is 143 Å². The van der Waals surface area contributed by atoms with E-state index in [-0.39, 0.29) is 5.04 Å². The van der Waals surface area contributed by atoms with E-state index in [9.17, 15) is 22.0 Å². The van der Waals surface area contributed by atoms with Crippen molar-refractivity contribution in [3.63, 3.8) is 0 Å². The molecule has 0 bridgehead atoms. The van der Waals surface area contributed by atoms with Crippen LogP contribution < -0.4 is 4.74 Å². The summed E-state index contributed by atoms with van der Waals surface area (Å²) < 4.78 is 69.1. The first-order valence-corrected chi connectivity index (χ1v) is 7.70. The van der Waals surface area contributed by atoms with Crippen molar-refractivity contribution in [2.75, 3.05) is 0 Å². The maximum Gasteiger partial charge on any atom is 0.435 e. The van der Waals surface area contributed by atoms with Crippen molar-refractivity contribution in [1.29, 1.82) is 0 Å². The van der Waals surface area contributed by atoms with Crippen LogP contribution >= 0.6 is 11.8 Å². The first-order valence-electron chi connectivity index (χ1n) is 6.72. The summed E-state index contributed by atoms with van der Waals surface area (Å²) in [5.74, 6) is -1.13. The van der Waals surface area contributed by atoms with E-state index < -0.39 is 35.7 Å². The minimum Gasteiger partial charge on any atom is -0.417 e. The molecule has 136 valence electrons. The van der Waals surface area contributed by atoms with Crippen LogP contribution in [0.2, 0.25) is 0 Å². The first kappa shape index (κ1) is 19.0. The third-order valence-electron chi connectivity index (χ3n) is 3.02. The van der Waals surface area contributed by atoms with Crippen LogP contribution in [-0.4, -0.2) is 26.6 Å². The lowest BCUT2D eigenvalue weighted by molar-refractivity contribution is -0.142. The van der Waals surface area contributed by atoms with Gasteiger partial charge in [-0.3, -0.25) is 0 Å². The standard InChI is InChI=1S/C14H12F5N3O2S/c1-22-12(24-13(15)16)9(10(20-22)14(17,18)19)7-25-11(21-23)8-5-3-2-4-6-8/h2-6,13,23H,7H2,1H3. The number of benzene rings is 1. The number of aryl methyl sites for hydroxylation is 1. The molecule has 0 aliphatic carbocycles. The van der Waals surface area contributed by atoms with Crippen LogP contribution in [0.5, 0.6) is 5.88 Å². The summed E-state index contributed by atoms with van der Waals surface area (Å²) in [6.45, 7) is -3.31. The number of hydrogen-bond donors (Lipinski definition) is 1. The smallest absolute Gasteiger partial charge is 0.417 e. The predicted octanol–water partition coefficient (Wildman–Crippen LogP) is 4.11. The maximum absolute atomic E-state index is 13.1. The van der Waals surface area contributed by atoms with Crippen molar-refractivity contribution in [3.8, 4) is 5.88 Å². The maximum atomic E-state index is 13.1. The van der Waals surface area contributed by atoms with Crippen LogP contribution in [0.25, 0.3) is 0 Å². The molecular weight excluding hydrogens is 369 g/mol. The van der Waals surface area contributed by atoms with Crippen molar-refractivity contribution < 1.29 is 31.9 Å². The number of rotatable bonds is 5. The Morgan fingerprint density at radius 2 is 1.96 bits per heavy atom. The van der Waals surface area contributed by atoms with Gasteiger partial charge in [-0.2, -0.15) is 27.1 Å². The quantitative estimate of drug-likeness (QED) is 0.278. The van der Waals surface area contributed by atoms with Gasteiger partial charge in [-0.15, -0.1) is 0 Å². The Morgan fingerprint density at radius 1 is 1.32 bits per heavy atom. The molecule has 0 amide bonds. The Bertz CT molecular complexity index is 747. The Morgan fingerprint density at radius 3 is 2.48 bits per heavy atom. The summed E-state index contributed by atoms with van der Waals surface area (Å²) in [5, 5.41) is 15.4. The molecule has 0 unspecified atom stereocenters. The van der Waals surface area contributed by atoms with Gasteiger partial charge in [0, 0.05) is 18.4 Å². The van der Waals surface area contributed by atoms with E-state index in [4.69, 9.17) is 5.21 Å². The van der Waals surface area contributed by atoms with Gasteiger partial charge in [-0.05, 0) is 0 Å². The fourth-order valence-electron chi connectivity index (χ4n) is 2.03. The molecule has 0 saturated heterocycles. The van der Waals surface area contributed by atoms with Gasteiger partial charge in [-0.1, -0.05) is 47.2 Å². The van der Waals surface area contributed by atoms with Crippen LogP contribution in [0.3, 0.4) is 0 Å². The lowest BCUT2D eigenvalue weighted by atomic mass is 10.2. The van der Waals surface area contributed by atoms with Crippen LogP contribution in [0.1, 0.15) is 16.8 Å². The highest BCUT2D eigenvalue weighted by molar-refractivity contribution is 8.13. The zero-order chi connectivity index (χ0) is 18.6. The molecule has 25 heavy (non-hydrogen) atoms. The van der Waals surface area contributed by atoms with Crippen molar-refractivity contribution >= 4 is 16.8 Å². The van der Waals surface area contributed by atoms with Crippen molar-refractivity contribution in [2.24, 2.45) is 12.2 Å². The monoisotopic (exact) mass is 381 g/mol. The molecule has 1 heterocycles. The van der Waals surface area contributed by atoms with Gasteiger partial charge in [-0.25, -0.2) is 4.68 Å². The number of oxime groups is 1. The topological polar surface area (TPSA) is 59.6 Å². The molecule has 0 aliphatic heterocycles. The molecule has 11 heteroatoms. The third kappa shape index (κ3) is 4.62. The zero-order valence-corrected chi connectivity index (χ0v) is 13.5. The van der Waals surface area contributed by atoms with Gasteiger partial charge in [0.05, 0.1) is 5.56 Å². The molecule has 1 N–H and O–H groups in total. The number of halogens is 5. The van der Waals surface area contributed by atoms with Gasteiger partial charge in [0.2, 0.25) is 5.88 Å². The highest BCUT2D eigenvalue weighted by atomic mass is 32.2. The highest BCUT2D eigenvalue weighted by Gasteiger charge is 2.40. The van der Waals surface area contributed by atoms with E-state index in [0.717, 1.165) is 18.8 Å². The van der Waals surface area contributed by atoms with E-state index >= 15 is 0 Å². The minimum absolute atomic E-state index is 0.0283. The lowest BCUT2D eigenvalue weighted by Crippen LogP contribution is -2.10. The molecule has 1 aromatic carbocycles. The zero-order valence-electron chi connectivity index (χ0n) is 12.7. The molecule has 0 aliphatic rings. The molecule has 0 atom stereocenters. The van der Waals surface area contributed by atoms with E-state index in [2.05, 4.69) is 15.0 Å². The number of alkyl halides is 5. The van der Waals surface area contributed by atoms with Gasteiger partial charge < -0.3 is 9.94 Å². The summed E-state index contributed by atoms with van der Waals surface area (Å²) in [5.41, 5.74) is -1.43. The lowest BCUT2D eigenvalue weighted by Gasteiger charge is -2.10. The molecule has 0 spiro atoms. The fraction of sp³-hybridized carbons (Fsp3) is 0.286. The van der Waals surface area contributed by atoms with Gasteiger partial charge in [0.1, 0.15) is 5.04 Å². The average Bonchev–Trinajstić information content (AvgIpc) is 2.85. The molecule has 0 fully saturated rings. The van der Waals surface area contributed by atoms with Crippen LogP contribution in [0.4, 0.5) is 22.0 Å². The first-order chi connectivity index (χ1) is 11.7. The largest absolute Gasteiger partial charge is 0.435 e. The van der Waals surface area contributed by atoms with Crippen LogP contribution in [0, 0.1) is 0 Å². The van der Waals surface area contributed by atoms with E-state index in [0.29, 0.717) is 10.2 Å². The Hall–Kier alpha value is -2.30. The number of nitrogens with zero attached hydrogens (tertiary/aromatic N) is 3. The molecule has 2 aromatic rings. The fourth-order valence-corrected chi connectivity index (χ4v) is 2.93. The second-order valence-electron chi connectivity index (χ2n) is 4.69. The third-order valence-corrected chi connectivity index (χ3v) is 4.05. The van der Waals surface area contributed by atoms with E-state index in [1.807, 2.05) is 0 Å². The minimum atomic E-state index is -4.85. The SMILES string of the molecule is Cn1nc(C(F)(F)F)c(CSC(=NO)c2ccccc2)c1OC(F)F. The van der Waals surface area contributed by atoms with Crippen molar-refractivity contribution in [3.05, 3.63) is 47.2 Å². The molecule has 0 saturated carbocycles. The molecule has 0 radical (unpaired) electrons. The summed E-state index contributed by atoms with van der Waals surface area (Å²) in [4.78, 5) is 0. The normalized spacial score (nSPS) is 12.7. The second-order valence-corrected chi connectivity index (χ2v) is 5.66. The van der Waals surface area contributed by atoms with Gasteiger partial charge >= 0.3 is 12.8 Å². The summed E-state index contributed by atoms with van der Waals surface area (Å²) in [6.07, 6.45) is -4.85. The Kier molecular flexibility index (Phi) is 5.88. The molecular formula is C14H12F5N3O2S. The molecule has 5 nitrogen and oxygen atoms in total. The van der Waals surface area contributed by atoms with Crippen molar-refractivity contribution in [1.82, 2.24) is 9.78 Å². The number of ether oxygens (including phenoxy) is 1. The van der Waals surface area contributed by atoms with Gasteiger partial charge in [0.15, 0.2) is 5.69 Å². The summed E-state index contributed by atoms with van der Waals surface area (Å²) >= 11 is 0.734. The highest BCUT2D eigenvalue weighted by Crippen LogP contribution is 2.38. The predicted molar refractivity (Wildman–Crippen MR) is 80.9 cm³/mol. The summed E-state index contributed by atoms with van der Waals surface area (Å²) in [6, 6.07) is 8.19. The van der Waals surface area contributed by atoms with Crippen LogP contribution in [0.15, 0.2) is 35.5 Å². The van der Waals surface area contributed by atoms with Crippen molar-refractivity contribution in [2.45, 2.75) is 18.5 Å². The molecule has 1 aromatic heterocycles. The average molecular weight is 381 g/mol. The van der Waals surface area contributed by atoms with Crippen LogP contribution in [-0.2, 0) is 19.0 Å². The molecule has 2 rings (SSSR count). The number of aromatic nitrogens is 2. The van der Waals surface area contributed by atoms with Gasteiger partial charge in [0.25, 0.3) is 0 Å². The number of thioether (sulfide) groups is 1. The number of hydrogen-bond acceptors (Lipinski definition) is 5. The van der Waals surface area contributed by atoms with E-state index in [1.54, 1.807) is 30.3 Å². The Balaban J connectivity index is 2.34.